The van der Waals surface area contributed by atoms with E-state index in [9.17, 15) is 4.79 Å². The molecular formula is C26H41N3O3. The summed E-state index contributed by atoms with van der Waals surface area (Å²) in [6.07, 6.45) is 6.40. The molecule has 0 aromatic heterocycles. The molecule has 1 N–H and O–H groups in total. The number of fused-ring (bicyclic) bond motifs is 1. The SMILES string of the molecule is CCN1CC[C@@H]2C[C@@H](N3CCOCC3)CC[C@@]2(C(=O)NCCCc2ccc(OC)cc2)C1. The van der Waals surface area contributed by atoms with Gasteiger partial charge >= 0.3 is 0 Å². The van der Waals surface area contributed by atoms with E-state index in [0.29, 0.717) is 17.9 Å². The van der Waals surface area contributed by atoms with Gasteiger partial charge in [-0.15, -0.1) is 0 Å². The maximum atomic E-state index is 13.6. The van der Waals surface area contributed by atoms with Gasteiger partial charge in [0.1, 0.15) is 5.75 Å². The second kappa shape index (κ2) is 11.0. The molecule has 6 heteroatoms. The van der Waals surface area contributed by atoms with Gasteiger partial charge in [0, 0.05) is 32.2 Å². The maximum absolute atomic E-state index is 13.6. The van der Waals surface area contributed by atoms with Gasteiger partial charge in [-0.3, -0.25) is 9.69 Å². The lowest BCUT2D eigenvalue weighted by atomic mass is 9.61. The molecule has 178 valence electrons. The van der Waals surface area contributed by atoms with Crippen molar-refractivity contribution in [1.29, 1.82) is 0 Å². The van der Waals surface area contributed by atoms with Gasteiger partial charge in [0.25, 0.3) is 0 Å². The molecule has 3 atom stereocenters. The Bertz CT molecular complexity index is 734. The van der Waals surface area contributed by atoms with Gasteiger partial charge in [-0.1, -0.05) is 19.1 Å². The molecule has 0 unspecified atom stereocenters. The summed E-state index contributed by atoms with van der Waals surface area (Å²) in [5.74, 6) is 1.68. The lowest BCUT2D eigenvalue weighted by Gasteiger charge is -2.53. The number of carbonyl (C=O) groups excluding carboxylic acids is 1. The summed E-state index contributed by atoms with van der Waals surface area (Å²) in [6.45, 7) is 9.85. The third-order valence-electron chi connectivity index (χ3n) is 8.11. The van der Waals surface area contributed by atoms with Crippen LogP contribution in [0, 0.1) is 11.3 Å². The number of benzene rings is 1. The Morgan fingerprint density at radius 2 is 1.97 bits per heavy atom. The number of aryl methyl sites for hydroxylation is 1. The molecule has 1 aromatic rings. The van der Waals surface area contributed by atoms with Gasteiger partial charge in [-0.25, -0.2) is 0 Å². The van der Waals surface area contributed by atoms with Crippen LogP contribution in [-0.4, -0.2) is 81.3 Å². The largest absolute Gasteiger partial charge is 0.497 e. The minimum absolute atomic E-state index is 0.211. The van der Waals surface area contributed by atoms with Crippen molar-refractivity contribution in [2.24, 2.45) is 11.3 Å². The van der Waals surface area contributed by atoms with E-state index in [0.717, 1.165) is 96.8 Å². The summed E-state index contributed by atoms with van der Waals surface area (Å²) in [5.41, 5.74) is 1.08. The van der Waals surface area contributed by atoms with Gasteiger partial charge in [-0.2, -0.15) is 0 Å². The zero-order valence-electron chi connectivity index (χ0n) is 20.0. The standard InChI is InChI=1S/C26H41N3O3/c1-3-28-14-11-22-19-23(29-15-17-32-18-16-29)10-12-26(22,20-28)25(30)27-13-4-5-21-6-8-24(31-2)9-7-21/h6-9,22-23H,3-5,10-20H2,1-2H3,(H,27,30)/t22-,23+,26-/m1/s1. The van der Waals surface area contributed by atoms with Crippen LogP contribution in [-0.2, 0) is 16.0 Å². The molecule has 1 aliphatic carbocycles. The van der Waals surface area contributed by atoms with Gasteiger partial charge in [-0.05, 0) is 75.2 Å². The number of carbonyl (C=O) groups is 1. The Kier molecular flexibility index (Phi) is 8.08. The van der Waals surface area contributed by atoms with E-state index in [1.807, 2.05) is 12.1 Å². The molecule has 1 saturated carbocycles. The Balaban J connectivity index is 1.34. The molecule has 2 heterocycles. The third kappa shape index (κ3) is 5.29. The minimum Gasteiger partial charge on any atom is -0.497 e. The number of nitrogens with one attached hydrogen (secondary N) is 1. The number of hydrogen-bond donors (Lipinski definition) is 1. The number of ether oxygens (including phenoxy) is 2. The fourth-order valence-corrected chi connectivity index (χ4v) is 6.10. The molecule has 2 aliphatic heterocycles. The molecule has 0 radical (unpaired) electrons. The predicted octanol–water partition coefficient (Wildman–Crippen LogP) is 2.96. The number of rotatable bonds is 8. The first-order valence-corrected chi connectivity index (χ1v) is 12.6. The zero-order valence-corrected chi connectivity index (χ0v) is 20.0. The second-order valence-corrected chi connectivity index (χ2v) is 9.79. The van der Waals surface area contributed by atoms with Crippen molar-refractivity contribution in [1.82, 2.24) is 15.1 Å². The highest BCUT2D eigenvalue weighted by Crippen LogP contribution is 2.47. The van der Waals surface area contributed by atoms with Crippen molar-refractivity contribution < 1.29 is 14.3 Å². The number of nitrogens with zero attached hydrogens (tertiary/aromatic N) is 2. The van der Waals surface area contributed by atoms with E-state index < -0.39 is 0 Å². The lowest BCUT2D eigenvalue weighted by molar-refractivity contribution is -0.144. The highest BCUT2D eigenvalue weighted by Gasteiger charge is 2.52. The van der Waals surface area contributed by atoms with Crippen molar-refractivity contribution in [2.45, 2.75) is 51.5 Å². The second-order valence-electron chi connectivity index (χ2n) is 9.79. The van der Waals surface area contributed by atoms with Crippen molar-refractivity contribution in [3.63, 3.8) is 0 Å². The fourth-order valence-electron chi connectivity index (χ4n) is 6.10. The zero-order chi connectivity index (χ0) is 22.4. The molecule has 1 amide bonds. The summed E-state index contributed by atoms with van der Waals surface area (Å²) in [5, 5.41) is 3.35. The van der Waals surface area contributed by atoms with Crippen LogP contribution in [0.5, 0.6) is 5.75 Å². The highest BCUT2D eigenvalue weighted by atomic mass is 16.5. The topological polar surface area (TPSA) is 54.0 Å². The van der Waals surface area contributed by atoms with Crippen molar-refractivity contribution in [3.05, 3.63) is 29.8 Å². The van der Waals surface area contributed by atoms with E-state index in [4.69, 9.17) is 9.47 Å². The van der Waals surface area contributed by atoms with Crippen LogP contribution in [0.4, 0.5) is 0 Å². The average molecular weight is 444 g/mol. The number of methoxy groups -OCH3 is 1. The Labute approximate surface area is 193 Å². The number of likely N-dealkylation sites (tertiary alicyclic amines) is 1. The molecule has 1 aromatic carbocycles. The smallest absolute Gasteiger partial charge is 0.227 e. The molecule has 32 heavy (non-hydrogen) atoms. The molecule has 2 saturated heterocycles. The van der Waals surface area contributed by atoms with Crippen LogP contribution < -0.4 is 10.1 Å². The fraction of sp³-hybridized carbons (Fsp3) is 0.731. The van der Waals surface area contributed by atoms with Crippen molar-refractivity contribution in [3.8, 4) is 5.75 Å². The number of morpholine rings is 1. The van der Waals surface area contributed by atoms with Crippen LogP contribution >= 0.6 is 0 Å². The van der Waals surface area contributed by atoms with Gasteiger partial charge < -0.3 is 19.7 Å². The van der Waals surface area contributed by atoms with Crippen LogP contribution in [0.15, 0.2) is 24.3 Å². The normalized spacial score (nSPS) is 29.3. The molecular weight excluding hydrogens is 402 g/mol. The molecule has 6 nitrogen and oxygen atoms in total. The molecule has 3 fully saturated rings. The summed E-state index contributed by atoms with van der Waals surface area (Å²) >= 11 is 0. The Morgan fingerprint density at radius 1 is 1.19 bits per heavy atom. The van der Waals surface area contributed by atoms with Crippen LogP contribution in [0.1, 0.15) is 44.6 Å². The van der Waals surface area contributed by atoms with E-state index in [1.54, 1.807) is 7.11 Å². The van der Waals surface area contributed by atoms with E-state index in [2.05, 4.69) is 34.2 Å². The molecule has 0 spiro atoms. The highest BCUT2D eigenvalue weighted by molar-refractivity contribution is 5.83. The quantitative estimate of drug-likeness (QED) is 0.626. The number of amides is 1. The van der Waals surface area contributed by atoms with Gasteiger partial charge in [0.15, 0.2) is 0 Å². The average Bonchev–Trinajstić information content (AvgIpc) is 2.86. The first-order valence-electron chi connectivity index (χ1n) is 12.6. The van der Waals surface area contributed by atoms with Crippen molar-refractivity contribution >= 4 is 5.91 Å². The van der Waals surface area contributed by atoms with E-state index >= 15 is 0 Å². The number of piperidine rings is 1. The Morgan fingerprint density at radius 3 is 2.69 bits per heavy atom. The van der Waals surface area contributed by atoms with Gasteiger partial charge in [0.05, 0.1) is 25.7 Å². The molecule has 3 aliphatic rings. The third-order valence-corrected chi connectivity index (χ3v) is 8.11. The summed E-state index contributed by atoms with van der Waals surface area (Å²) in [6, 6.07) is 8.86. The summed E-state index contributed by atoms with van der Waals surface area (Å²) in [4.78, 5) is 18.7. The molecule has 0 bridgehead atoms. The Hall–Kier alpha value is -1.63. The van der Waals surface area contributed by atoms with E-state index in [1.165, 1.54) is 5.56 Å². The van der Waals surface area contributed by atoms with Crippen LogP contribution in [0.3, 0.4) is 0 Å². The van der Waals surface area contributed by atoms with E-state index in [-0.39, 0.29) is 5.41 Å². The summed E-state index contributed by atoms with van der Waals surface area (Å²) < 4.78 is 10.8. The van der Waals surface area contributed by atoms with Crippen LogP contribution in [0.2, 0.25) is 0 Å². The minimum atomic E-state index is -0.211. The van der Waals surface area contributed by atoms with Crippen LogP contribution in [0.25, 0.3) is 0 Å². The number of hydrogen-bond acceptors (Lipinski definition) is 5. The predicted molar refractivity (Wildman–Crippen MR) is 127 cm³/mol. The van der Waals surface area contributed by atoms with Crippen molar-refractivity contribution in [2.75, 3.05) is 59.6 Å². The summed E-state index contributed by atoms with van der Waals surface area (Å²) in [7, 11) is 1.69. The first kappa shape index (κ1) is 23.5. The van der Waals surface area contributed by atoms with Gasteiger partial charge in [0.2, 0.25) is 5.91 Å². The monoisotopic (exact) mass is 443 g/mol. The lowest BCUT2D eigenvalue weighted by Crippen LogP contribution is -2.60. The molecule has 4 rings (SSSR count). The maximum Gasteiger partial charge on any atom is 0.227 e. The first-order chi connectivity index (χ1) is 15.6.